The van der Waals surface area contributed by atoms with Gasteiger partial charge in [0.25, 0.3) is 5.56 Å². The van der Waals surface area contributed by atoms with Gasteiger partial charge in [-0.3, -0.25) is 14.4 Å². The molecule has 45 heavy (non-hydrogen) atoms. The molecule has 2 aromatic heterocycles. The van der Waals surface area contributed by atoms with Crippen LogP contribution in [-0.2, 0) is 49.0 Å². The Morgan fingerprint density at radius 3 is 2.64 bits per heavy atom. The van der Waals surface area contributed by atoms with E-state index < -0.39 is 11.6 Å². The van der Waals surface area contributed by atoms with Crippen LogP contribution in [0.25, 0.3) is 22.3 Å². The van der Waals surface area contributed by atoms with E-state index in [-0.39, 0.29) is 80.8 Å². The Bertz CT molecular complexity index is 1790. The van der Waals surface area contributed by atoms with Gasteiger partial charge in [0.1, 0.15) is 19.9 Å². The fraction of sp³-hybridized carbons (Fsp3) is 0.452. The topological polar surface area (TPSA) is 185 Å². The van der Waals surface area contributed by atoms with Crippen LogP contribution in [0.3, 0.4) is 0 Å². The van der Waals surface area contributed by atoms with E-state index in [1.807, 2.05) is 19.9 Å². The lowest BCUT2D eigenvalue weighted by atomic mass is 9.86. The fourth-order valence-corrected chi connectivity index (χ4v) is 6.17. The van der Waals surface area contributed by atoms with Crippen molar-refractivity contribution in [1.29, 1.82) is 0 Å². The molecule has 3 aliphatic rings. The molecule has 1 aromatic carbocycles. The summed E-state index contributed by atoms with van der Waals surface area (Å²) in [5.74, 6) is -0.314. The van der Waals surface area contributed by atoms with E-state index in [4.69, 9.17) is 29.7 Å². The van der Waals surface area contributed by atoms with Crippen LogP contribution in [0.4, 0.5) is 0 Å². The van der Waals surface area contributed by atoms with E-state index >= 15 is 0 Å². The Hall–Kier alpha value is -4.53. The first-order chi connectivity index (χ1) is 21.6. The molecule has 6 rings (SSSR count). The second-order valence-corrected chi connectivity index (χ2v) is 11.5. The first-order valence-corrected chi connectivity index (χ1v) is 14.8. The van der Waals surface area contributed by atoms with Gasteiger partial charge in [0.15, 0.2) is 17.1 Å². The van der Waals surface area contributed by atoms with Crippen LogP contribution in [0.1, 0.15) is 49.4 Å². The molecule has 238 valence electrons. The molecule has 0 radical (unpaired) electrons. The highest BCUT2D eigenvalue weighted by Crippen LogP contribution is 2.43. The largest absolute Gasteiger partial charge is 0.458 e. The maximum absolute atomic E-state index is 13.8. The number of hydrogen-bond acceptors (Lipinski definition) is 11. The molecule has 14 nitrogen and oxygen atoms in total. The molecule has 2 amide bonds. The minimum Gasteiger partial charge on any atom is -0.458 e. The standard InChI is InChI=1S/C31H35N5O9/c1-4-31(41)21-8-23-28-19(11-36(23)29(39)20(21)12-43-30(31)40)17(18-7-24-25(45-15-44-24)9-22(18)34-28)5-6-35(16(2)3)27(38)13-42-14-33-26(37)10-32/h7-9,16,41H,4-6,10-15,32H2,1-3H3,(H,33,37)/t31-/m0/s1. The van der Waals surface area contributed by atoms with Crippen LogP contribution in [0, 0.1) is 0 Å². The van der Waals surface area contributed by atoms with Gasteiger partial charge in [-0.1, -0.05) is 6.92 Å². The van der Waals surface area contributed by atoms with E-state index in [0.717, 1.165) is 16.5 Å². The number of aromatic nitrogens is 2. The maximum atomic E-state index is 13.8. The molecule has 5 heterocycles. The van der Waals surface area contributed by atoms with Crippen LogP contribution < -0.4 is 26.1 Å². The Morgan fingerprint density at radius 2 is 1.93 bits per heavy atom. The number of cyclic esters (lactones) is 1. The minimum absolute atomic E-state index is 0.0383. The summed E-state index contributed by atoms with van der Waals surface area (Å²) in [6.07, 6.45) is 0.453. The summed E-state index contributed by atoms with van der Waals surface area (Å²) in [6.45, 7) is 5.31. The van der Waals surface area contributed by atoms with E-state index in [1.165, 1.54) is 0 Å². The number of benzene rings is 1. The Labute approximate surface area is 258 Å². The maximum Gasteiger partial charge on any atom is 0.343 e. The van der Waals surface area contributed by atoms with Crippen molar-refractivity contribution in [2.45, 2.75) is 58.4 Å². The van der Waals surface area contributed by atoms with Crippen LogP contribution in [-0.4, -0.2) is 76.6 Å². The van der Waals surface area contributed by atoms with Gasteiger partial charge >= 0.3 is 5.97 Å². The van der Waals surface area contributed by atoms with Crippen molar-refractivity contribution in [3.05, 3.63) is 50.8 Å². The van der Waals surface area contributed by atoms with Crippen molar-refractivity contribution in [3.8, 4) is 22.9 Å². The molecule has 14 heteroatoms. The molecule has 1 atom stereocenters. The second-order valence-electron chi connectivity index (χ2n) is 11.5. The van der Waals surface area contributed by atoms with Gasteiger partial charge < -0.3 is 44.6 Å². The van der Waals surface area contributed by atoms with Crippen molar-refractivity contribution >= 4 is 28.7 Å². The number of nitrogens with zero attached hydrogens (tertiary/aromatic N) is 3. The van der Waals surface area contributed by atoms with Gasteiger partial charge in [-0.05, 0) is 44.4 Å². The van der Waals surface area contributed by atoms with Crippen LogP contribution in [0.15, 0.2) is 23.0 Å². The zero-order valence-corrected chi connectivity index (χ0v) is 25.3. The number of esters is 1. The molecule has 0 bridgehead atoms. The van der Waals surface area contributed by atoms with Gasteiger partial charge in [-0.25, -0.2) is 9.78 Å². The first-order valence-electron chi connectivity index (χ1n) is 14.8. The van der Waals surface area contributed by atoms with Gasteiger partial charge in [-0.2, -0.15) is 0 Å². The first kappa shape index (κ1) is 30.5. The van der Waals surface area contributed by atoms with Gasteiger partial charge in [-0.15, -0.1) is 0 Å². The number of nitrogens with two attached hydrogens (primary N) is 1. The molecule has 0 saturated heterocycles. The molecule has 0 unspecified atom stereocenters. The molecular formula is C31H35N5O9. The number of aliphatic hydroxyl groups is 1. The molecule has 3 aromatic rings. The third kappa shape index (κ3) is 5.18. The highest BCUT2D eigenvalue weighted by molar-refractivity contribution is 5.91. The van der Waals surface area contributed by atoms with Crippen LogP contribution >= 0.6 is 0 Å². The molecule has 0 aliphatic carbocycles. The van der Waals surface area contributed by atoms with E-state index in [2.05, 4.69) is 5.32 Å². The van der Waals surface area contributed by atoms with Crippen molar-refractivity contribution in [2.75, 3.05) is 33.2 Å². The van der Waals surface area contributed by atoms with E-state index in [0.29, 0.717) is 41.4 Å². The fourth-order valence-electron chi connectivity index (χ4n) is 6.17. The number of carbonyl (C=O) groups is 3. The SMILES string of the molecule is CC[C@@]1(O)C(=O)OCc2c1cc1n(c2=O)Cc2c-1nc1cc3c(cc1c2CCN(C(=O)COCNC(=O)CN)C(C)C)OCO3. The molecular weight excluding hydrogens is 586 g/mol. The zero-order valence-electron chi connectivity index (χ0n) is 25.3. The lowest BCUT2D eigenvalue weighted by Gasteiger charge is -2.31. The van der Waals surface area contributed by atoms with Gasteiger partial charge in [0.05, 0.1) is 35.6 Å². The Kier molecular flexibility index (Phi) is 7.97. The third-order valence-electron chi connectivity index (χ3n) is 8.63. The average molecular weight is 622 g/mol. The molecule has 0 saturated carbocycles. The lowest BCUT2D eigenvalue weighted by molar-refractivity contribution is -0.172. The Morgan fingerprint density at radius 1 is 1.18 bits per heavy atom. The average Bonchev–Trinajstić information content (AvgIpc) is 3.64. The van der Waals surface area contributed by atoms with Gasteiger partial charge in [0, 0.05) is 35.2 Å². The molecule has 0 spiro atoms. The molecule has 3 aliphatic heterocycles. The smallest absolute Gasteiger partial charge is 0.343 e. The third-order valence-corrected chi connectivity index (χ3v) is 8.63. The normalized spacial score (nSPS) is 17.6. The highest BCUT2D eigenvalue weighted by Gasteiger charge is 2.45. The van der Waals surface area contributed by atoms with Gasteiger partial charge in [0.2, 0.25) is 18.6 Å². The lowest BCUT2D eigenvalue weighted by Crippen LogP contribution is -2.44. The highest BCUT2D eigenvalue weighted by atomic mass is 16.7. The van der Waals surface area contributed by atoms with Crippen molar-refractivity contribution in [1.82, 2.24) is 19.8 Å². The number of ether oxygens (including phenoxy) is 4. The van der Waals surface area contributed by atoms with E-state index in [9.17, 15) is 24.3 Å². The zero-order chi connectivity index (χ0) is 32.0. The second kappa shape index (κ2) is 11.8. The monoisotopic (exact) mass is 621 g/mol. The van der Waals surface area contributed by atoms with Crippen molar-refractivity contribution in [3.63, 3.8) is 0 Å². The summed E-state index contributed by atoms with van der Waals surface area (Å²) in [4.78, 5) is 57.6. The van der Waals surface area contributed by atoms with Crippen molar-refractivity contribution < 1.29 is 38.4 Å². The number of carbonyl (C=O) groups excluding carboxylic acids is 3. The summed E-state index contributed by atoms with van der Waals surface area (Å²) in [6, 6.07) is 5.17. The van der Waals surface area contributed by atoms with E-state index in [1.54, 1.807) is 28.5 Å². The number of amides is 2. The summed E-state index contributed by atoms with van der Waals surface area (Å²) in [5, 5.41) is 14.5. The van der Waals surface area contributed by atoms with Crippen molar-refractivity contribution in [2.24, 2.45) is 5.73 Å². The predicted molar refractivity (Wildman–Crippen MR) is 159 cm³/mol. The quantitative estimate of drug-likeness (QED) is 0.128. The van der Waals surface area contributed by atoms with Crippen LogP contribution in [0.2, 0.25) is 0 Å². The summed E-state index contributed by atoms with van der Waals surface area (Å²) in [5.41, 5.74) is 6.78. The summed E-state index contributed by atoms with van der Waals surface area (Å²) in [7, 11) is 0. The van der Waals surface area contributed by atoms with Crippen LogP contribution in [0.5, 0.6) is 11.5 Å². The predicted octanol–water partition coefficient (Wildman–Crippen LogP) is 0.637. The number of nitrogens with one attached hydrogen (secondary N) is 1. The molecule has 0 fully saturated rings. The summed E-state index contributed by atoms with van der Waals surface area (Å²) < 4.78 is 23.4. The summed E-state index contributed by atoms with van der Waals surface area (Å²) >= 11 is 0. The Balaban J connectivity index is 1.39. The minimum atomic E-state index is -1.94. The number of pyridine rings is 2. The number of rotatable bonds is 10. The number of fused-ring (bicyclic) bond motifs is 6. The number of hydrogen-bond donors (Lipinski definition) is 3. The molecule has 4 N–H and O–H groups in total.